The van der Waals surface area contributed by atoms with Gasteiger partial charge in [-0.25, -0.2) is 0 Å². The van der Waals surface area contributed by atoms with Gasteiger partial charge in [0.1, 0.15) is 0 Å². The summed E-state index contributed by atoms with van der Waals surface area (Å²) in [6.07, 6.45) is 0. The molecule has 0 aromatic carbocycles. The van der Waals surface area contributed by atoms with E-state index >= 15 is 0 Å². The molecular formula is C12H16N4OS3. The number of nitrogens with one attached hydrogen (secondary N) is 1. The third-order valence-electron chi connectivity index (χ3n) is 2.71. The summed E-state index contributed by atoms with van der Waals surface area (Å²) < 4.78 is 0.809. The van der Waals surface area contributed by atoms with Crippen LogP contribution in [0.15, 0.2) is 15.8 Å². The first-order valence-corrected chi connectivity index (χ1v) is 8.69. The van der Waals surface area contributed by atoms with Gasteiger partial charge in [-0.3, -0.25) is 4.79 Å². The van der Waals surface area contributed by atoms with Crippen LogP contribution >= 0.6 is 34.4 Å². The number of aromatic nitrogens is 2. The zero-order valence-electron chi connectivity index (χ0n) is 11.5. The van der Waals surface area contributed by atoms with Gasteiger partial charge in [-0.2, -0.15) is 0 Å². The van der Waals surface area contributed by atoms with E-state index in [0.717, 1.165) is 9.47 Å². The van der Waals surface area contributed by atoms with E-state index in [4.69, 9.17) is 0 Å². The zero-order valence-corrected chi connectivity index (χ0v) is 14.0. The minimum Gasteiger partial charge on any atom is -0.363 e. The van der Waals surface area contributed by atoms with Gasteiger partial charge < -0.3 is 10.2 Å². The van der Waals surface area contributed by atoms with Crippen molar-refractivity contribution in [3.05, 3.63) is 21.9 Å². The largest absolute Gasteiger partial charge is 0.363 e. The third-order valence-corrected chi connectivity index (χ3v) is 5.78. The van der Waals surface area contributed by atoms with Crippen LogP contribution in [0, 0.1) is 6.92 Å². The van der Waals surface area contributed by atoms with E-state index in [2.05, 4.69) is 33.9 Å². The van der Waals surface area contributed by atoms with Crippen molar-refractivity contribution in [1.82, 2.24) is 15.1 Å². The van der Waals surface area contributed by atoms with E-state index in [1.165, 1.54) is 33.5 Å². The summed E-state index contributed by atoms with van der Waals surface area (Å²) in [6, 6.07) is 2.08. The highest BCUT2D eigenvalue weighted by atomic mass is 32.2. The monoisotopic (exact) mass is 328 g/mol. The Hall–Kier alpha value is -1.12. The van der Waals surface area contributed by atoms with Gasteiger partial charge in [0.15, 0.2) is 4.34 Å². The van der Waals surface area contributed by atoms with Gasteiger partial charge in [-0.1, -0.05) is 23.1 Å². The summed E-state index contributed by atoms with van der Waals surface area (Å²) in [5.41, 5.74) is 1.24. The first kappa shape index (κ1) is 15.3. The molecule has 0 aliphatic carbocycles. The molecule has 0 fully saturated rings. The number of hydrogen-bond acceptors (Lipinski definition) is 7. The van der Waals surface area contributed by atoms with Crippen molar-refractivity contribution < 1.29 is 4.79 Å². The topological polar surface area (TPSA) is 58.1 Å². The Bertz CT molecular complexity index is 581. The molecule has 2 aromatic heterocycles. The van der Waals surface area contributed by atoms with Crippen molar-refractivity contribution in [1.29, 1.82) is 0 Å². The van der Waals surface area contributed by atoms with Crippen molar-refractivity contribution in [2.75, 3.05) is 25.2 Å². The average Bonchev–Trinajstić information content (AvgIpc) is 3.05. The predicted molar refractivity (Wildman–Crippen MR) is 85.7 cm³/mol. The number of thioether (sulfide) groups is 1. The predicted octanol–water partition coefficient (Wildman–Crippen LogP) is 2.70. The minimum absolute atomic E-state index is 0.101. The number of anilines is 1. The Balaban J connectivity index is 1.83. The number of hydrogen-bond donors (Lipinski definition) is 1. The molecule has 20 heavy (non-hydrogen) atoms. The molecule has 8 heteroatoms. The van der Waals surface area contributed by atoms with Gasteiger partial charge >= 0.3 is 0 Å². The molecular weight excluding hydrogens is 312 g/mol. The van der Waals surface area contributed by atoms with E-state index in [-0.39, 0.29) is 5.91 Å². The fourth-order valence-corrected chi connectivity index (χ4v) is 4.08. The fourth-order valence-electron chi connectivity index (χ4n) is 1.47. The van der Waals surface area contributed by atoms with Crippen LogP contribution in [0.5, 0.6) is 0 Å². The molecule has 0 spiro atoms. The van der Waals surface area contributed by atoms with Gasteiger partial charge in [-0.15, -0.1) is 21.5 Å². The van der Waals surface area contributed by atoms with Gasteiger partial charge in [0.2, 0.25) is 11.0 Å². The number of amides is 1. The molecule has 5 nitrogen and oxygen atoms in total. The summed E-state index contributed by atoms with van der Waals surface area (Å²) in [6.45, 7) is 2.74. The maximum absolute atomic E-state index is 12.1. The number of aryl methyl sites for hydroxylation is 1. The first-order chi connectivity index (χ1) is 9.60. The number of thiophene rings is 1. The Labute approximate surface area is 130 Å². The Morgan fingerprint density at radius 2 is 2.30 bits per heavy atom. The second-order valence-electron chi connectivity index (χ2n) is 4.19. The second-order valence-corrected chi connectivity index (χ2v) is 7.39. The molecule has 0 aliphatic heterocycles. The maximum Gasteiger partial charge on any atom is 0.233 e. The average molecular weight is 328 g/mol. The first-order valence-electron chi connectivity index (χ1n) is 6.01. The van der Waals surface area contributed by atoms with Crippen LogP contribution < -0.4 is 5.32 Å². The highest BCUT2D eigenvalue weighted by molar-refractivity contribution is 8.01. The van der Waals surface area contributed by atoms with Crippen molar-refractivity contribution in [2.45, 2.75) is 17.8 Å². The molecule has 1 amide bonds. The standard InChI is InChI=1S/C12H16N4OS3/c1-8-4-5-18-9(8)6-16(3)10(17)7-19-12-15-14-11(13-2)20-12/h4-5H,6-7H2,1-3H3,(H,13,14). The number of rotatable bonds is 6. The molecule has 108 valence electrons. The van der Waals surface area contributed by atoms with E-state index < -0.39 is 0 Å². The zero-order chi connectivity index (χ0) is 14.5. The highest BCUT2D eigenvalue weighted by Crippen LogP contribution is 2.25. The molecule has 2 rings (SSSR count). The molecule has 0 atom stereocenters. The summed E-state index contributed by atoms with van der Waals surface area (Å²) in [4.78, 5) is 15.1. The van der Waals surface area contributed by atoms with Crippen molar-refractivity contribution in [3.8, 4) is 0 Å². The molecule has 0 unspecified atom stereocenters. The summed E-state index contributed by atoms with van der Waals surface area (Å²) in [5.74, 6) is 0.489. The van der Waals surface area contributed by atoms with Crippen molar-refractivity contribution in [3.63, 3.8) is 0 Å². The van der Waals surface area contributed by atoms with Gasteiger partial charge in [0.25, 0.3) is 0 Å². The highest BCUT2D eigenvalue weighted by Gasteiger charge is 2.13. The maximum atomic E-state index is 12.1. The van der Waals surface area contributed by atoms with E-state index in [1.807, 2.05) is 7.05 Å². The van der Waals surface area contributed by atoms with E-state index in [0.29, 0.717) is 12.3 Å². The lowest BCUT2D eigenvalue weighted by atomic mass is 10.3. The molecule has 0 saturated heterocycles. The van der Waals surface area contributed by atoms with Crippen LogP contribution in [0.2, 0.25) is 0 Å². The van der Waals surface area contributed by atoms with Gasteiger partial charge in [-0.05, 0) is 23.9 Å². The molecule has 0 radical (unpaired) electrons. The second kappa shape index (κ2) is 7.05. The SMILES string of the molecule is CNc1nnc(SCC(=O)N(C)Cc2sccc2C)s1. The molecule has 0 aliphatic rings. The van der Waals surface area contributed by atoms with Gasteiger partial charge in [0.05, 0.1) is 12.3 Å². The quantitative estimate of drug-likeness (QED) is 0.826. The molecule has 0 saturated carbocycles. The normalized spacial score (nSPS) is 10.6. The number of nitrogens with zero attached hydrogens (tertiary/aromatic N) is 3. The molecule has 2 heterocycles. The Morgan fingerprint density at radius 3 is 2.90 bits per heavy atom. The van der Waals surface area contributed by atoms with Crippen LogP contribution in [0.25, 0.3) is 0 Å². The minimum atomic E-state index is 0.101. The van der Waals surface area contributed by atoms with Crippen molar-refractivity contribution in [2.24, 2.45) is 0 Å². The molecule has 0 bridgehead atoms. The van der Waals surface area contributed by atoms with Crippen LogP contribution in [0.3, 0.4) is 0 Å². The number of carbonyl (C=O) groups is 1. The lowest BCUT2D eigenvalue weighted by Gasteiger charge is -2.16. The Kier molecular flexibility index (Phi) is 5.38. The molecule has 1 N–H and O–H groups in total. The number of carbonyl (C=O) groups excluding carboxylic acids is 1. The molecule has 2 aromatic rings. The lowest BCUT2D eigenvalue weighted by Crippen LogP contribution is -2.27. The van der Waals surface area contributed by atoms with Crippen molar-refractivity contribution >= 4 is 45.5 Å². The van der Waals surface area contributed by atoms with Crippen LogP contribution in [-0.4, -0.2) is 40.9 Å². The van der Waals surface area contributed by atoms with Crippen LogP contribution in [-0.2, 0) is 11.3 Å². The van der Waals surface area contributed by atoms with E-state index in [1.54, 1.807) is 23.3 Å². The van der Waals surface area contributed by atoms with Crippen LogP contribution in [0.1, 0.15) is 10.4 Å². The summed E-state index contributed by atoms with van der Waals surface area (Å²) in [5, 5.41) is 13.7. The summed E-state index contributed by atoms with van der Waals surface area (Å²) >= 11 is 4.57. The fraction of sp³-hybridized carbons (Fsp3) is 0.417. The van der Waals surface area contributed by atoms with Gasteiger partial charge in [0, 0.05) is 19.0 Å². The summed E-state index contributed by atoms with van der Waals surface area (Å²) in [7, 11) is 3.64. The smallest absolute Gasteiger partial charge is 0.233 e. The van der Waals surface area contributed by atoms with Crippen LogP contribution in [0.4, 0.5) is 5.13 Å². The lowest BCUT2D eigenvalue weighted by molar-refractivity contribution is -0.127. The van der Waals surface area contributed by atoms with E-state index in [9.17, 15) is 4.79 Å². The third kappa shape index (κ3) is 3.94. The Morgan fingerprint density at radius 1 is 1.50 bits per heavy atom.